The molecule has 1 amide bonds. The highest BCUT2D eigenvalue weighted by Crippen LogP contribution is 2.52. The van der Waals surface area contributed by atoms with Crippen LogP contribution in [0.4, 0.5) is 19.4 Å². The van der Waals surface area contributed by atoms with Crippen molar-refractivity contribution in [3.05, 3.63) is 58.8 Å². The number of ether oxygens (including phenoxy) is 2. The first kappa shape index (κ1) is 34.4. The van der Waals surface area contributed by atoms with Crippen molar-refractivity contribution >= 4 is 40.0 Å². The van der Waals surface area contributed by atoms with Gasteiger partial charge in [0.25, 0.3) is 0 Å². The van der Waals surface area contributed by atoms with E-state index in [9.17, 15) is 9.59 Å². The second-order valence-electron chi connectivity index (χ2n) is 13.2. The molecule has 5 rings (SSSR count). The van der Waals surface area contributed by atoms with Crippen molar-refractivity contribution in [2.24, 2.45) is 0 Å². The van der Waals surface area contributed by atoms with Gasteiger partial charge in [0.15, 0.2) is 6.61 Å². The molecular formula is C31H43F2N3O8Si2. The molecule has 46 heavy (non-hydrogen) atoms. The Morgan fingerprint density at radius 2 is 1.70 bits per heavy atom. The smallest absolute Gasteiger partial charge is 0.413 e. The molecule has 0 radical (unpaired) electrons. The summed E-state index contributed by atoms with van der Waals surface area (Å²) >= 11 is 0. The number of anilines is 1. The molecule has 2 aromatic heterocycles. The van der Waals surface area contributed by atoms with Crippen LogP contribution in [0.1, 0.15) is 67.4 Å². The first-order chi connectivity index (χ1) is 21.6. The van der Waals surface area contributed by atoms with Gasteiger partial charge in [-0.25, -0.2) is 9.59 Å². The maximum Gasteiger partial charge on any atom is 0.413 e. The summed E-state index contributed by atoms with van der Waals surface area (Å²) < 4.78 is 70.2. The predicted molar refractivity (Wildman–Crippen MR) is 171 cm³/mol. The van der Waals surface area contributed by atoms with Gasteiger partial charge in [0.1, 0.15) is 29.4 Å². The molecule has 1 N–H and O–H groups in total. The molecule has 3 aromatic rings. The quantitative estimate of drug-likeness (QED) is 0.246. The lowest BCUT2D eigenvalue weighted by molar-refractivity contribution is -0.140. The number of halogens is 2. The van der Waals surface area contributed by atoms with Gasteiger partial charge in [-0.3, -0.25) is 9.88 Å². The van der Waals surface area contributed by atoms with E-state index in [1.807, 2.05) is 73.6 Å². The normalized spacial score (nSPS) is 23.9. The largest absolute Gasteiger partial charge is 0.457 e. The first-order valence-electron chi connectivity index (χ1n) is 15.7. The van der Waals surface area contributed by atoms with Crippen molar-refractivity contribution in [1.29, 1.82) is 0 Å². The number of benzene rings is 1. The number of fused-ring (bicyclic) bond motifs is 2. The number of rotatable bonds is 8. The molecule has 0 bridgehead atoms. The molecule has 2 fully saturated rings. The third kappa shape index (κ3) is 6.20. The minimum atomic E-state index is -3.64. The molecule has 1 aromatic carbocycles. The molecule has 3 atom stereocenters. The van der Waals surface area contributed by atoms with Gasteiger partial charge in [-0.15, -0.1) is 0 Å². The third-order valence-electron chi connectivity index (χ3n) is 8.81. The van der Waals surface area contributed by atoms with E-state index < -0.39 is 53.3 Å². The zero-order valence-corrected chi connectivity index (χ0v) is 29.4. The van der Waals surface area contributed by atoms with Crippen molar-refractivity contribution in [3.8, 4) is 0 Å². The third-order valence-corrected chi connectivity index (χ3v) is 19.0. The zero-order chi connectivity index (χ0) is 33.6. The Balaban J connectivity index is 1.36. The number of para-hydroxylation sites is 1. The molecule has 2 aliphatic heterocycles. The molecule has 2 aliphatic rings. The number of carbonyl (C=O) groups is 1. The van der Waals surface area contributed by atoms with Crippen molar-refractivity contribution in [1.82, 2.24) is 9.55 Å². The lowest BCUT2D eigenvalue weighted by atomic mass is 10.1. The molecule has 0 aliphatic carbocycles. The van der Waals surface area contributed by atoms with Crippen LogP contribution < -0.4 is 11.0 Å². The molecule has 0 spiro atoms. The van der Waals surface area contributed by atoms with E-state index in [4.69, 9.17) is 26.9 Å². The summed E-state index contributed by atoms with van der Waals surface area (Å²) in [5, 5.41) is 3.21. The van der Waals surface area contributed by atoms with Crippen LogP contribution in [0.5, 0.6) is 0 Å². The van der Waals surface area contributed by atoms with Crippen molar-refractivity contribution < 1.29 is 40.4 Å². The van der Waals surface area contributed by atoms with Crippen molar-refractivity contribution in [2.75, 3.05) is 11.9 Å². The van der Waals surface area contributed by atoms with E-state index in [-0.39, 0.29) is 41.2 Å². The number of furan rings is 1. The topological polar surface area (TPSA) is 123 Å². The molecule has 15 heteroatoms. The molecule has 3 unspecified atom stereocenters. The van der Waals surface area contributed by atoms with Crippen LogP contribution in [-0.2, 0) is 29.0 Å². The van der Waals surface area contributed by atoms with Crippen LogP contribution in [0, 0.1) is 0 Å². The van der Waals surface area contributed by atoms with Gasteiger partial charge >= 0.3 is 34.8 Å². The molecule has 0 saturated carbocycles. The van der Waals surface area contributed by atoms with E-state index >= 15 is 8.78 Å². The summed E-state index contributed by atoms with van der Waals surface area (Å²) in [5.74, 6) is -3.39. The number of hydrogen-bond acceptors (Lipinski definition) is 9. The first-order valence-corrected chi connectivity index (χ1v) is 19.6. The van der Waals surface area contributed by atoms with Crippen LogP contribution in [0.2, 0.25) is 22.2 Å². The Hall–Kier alpha value is -2.96. The Morgan fingerprint density at radius 3 is 2.30 bits per heavy atom. The molecular weight excluding hydrogens is 637 g/mol. The van der Waals surface area contributed by atoms with Gasteiger partial charge in [-0.05, 0) is 40.4 Å². The lowest BCUT2D eigenvalue weighted by Gasteiger charge is -2.51. The predicted octanol–water partition coefficient (Wildman–Crippen LogP) is 7.23. The van der Waals surface area contributed by atoms with E-state index in [1.54, 1.807) is 12.1 Å². The summed E-state index contributed by atoms with van der Waals surface area (Å²) in [5.41, 5.74) is -0.698. The molecule has 2 saturated heterocycles. The van der Waals surface area contributed by atoms with E-state index in [0.717, 1.165) is 11.6 Å². The fourth-order valence-corrected chi connectivity index (χ4v) is 17.6. The summed E-state index contributed by atoms with van der Waals surface area (Å²) in [6.07, 6.45) is -4.67. The average Bonchev–Trinajstić information content (AvgIpc) is 3.49. The second kappa shape index (κ2) is 12.9. The number of hydrogen-bond donors (Lipinski definition) is 1. The Kier molecular flexibility index (Phi) is 9.66. The monoisotopic (exact) mass is 679 g/mol. The Morgan fingerprint density at radius 1 is 1.04 bits per heavy atom. The number of amides is 1. The molecule has 11 nitrogen and oxygen atoms in total. The fourth-order valence-electron chi connectivity index (χ4n) is 6.42. The standard InChI is InChI=1S/C31H43F2N3O8Si2/c1-18(2)45(19(3)4)40-17-25-27(43-46(44-45,20(5)6)21(7)8)31(32,33)28(42-25)36-14-13-26(34-29(36)37)35-30(38)39-16-23-15-22-11-9-10-12-24(22)41-23/h9-15,18-21,25,27-28H,16-17H2,1-8H3,(H,34,35,37,38). The van der Waals surface area contributed by atoms with E-state index in [2.05, 4.69) is 10.3 Å². The van der Waals surface area contributed by atoms with Gasteiger partial charge < -0.3 is 26.9 Å². The number of nitrogens with one attached hydrogen (secondary N) is 1. The van der Waals surface area contributed by atoms with Crippen molar-refractivity contribution in [2.45, 2.75) is 109 Å². The lowest BCUT2D eigenvalue weighted by Crippen LogP contribution is -2.66. The average molecular weight is 680 g/mol. The SMILES string of the molecule is CC(C)[Si]1(C(C)C)OCC2OC(n3ccc(NC(=O)OCc4cc5ccccc5o4)nc3=O)C(F)(F)C2O[Si](C(C)C)(C(C)C)O1. The molecule has 252 valence electrons. The van der Waals surface area contributed by atoms with Gasteiger partial charge in [-0.1, -0.05) is 73.6 Å². The number of alkyl halides is 2. The van der Waals surface area contributed by atoms with Crippen LogP contribution >= 0.6 is 0 Å². The second-order valence-corrected chi connectivity index (χ2v) is 22.0. The van der Waals surface area contributed by atoms with E-state index in [1.165, 1.54) is 6.07 Å². The van der Waals surface area contributed by atoms with Crippen LogP contribution in [-0.4, -0.2) is 57.5 Å². The van der Waals surface area contributed by atoms with Crippen LogP contribution in [0.3, 0.4) is 0 Å². The summed E-state index contributed by atoms with van der Waals surface area (Å²) in [6, 6.07) is 10.3. The number of nitrogens with zero attached hydrogens (tertiary/aromatic N) is 2. The number of aromatic nitrogens is 2. The summed E-state index contributed by atoms with van der Waals surface area (Å²) in [4.78, 5) is 29.3. The van der Waals surface area contributed by atoms with Crippen LogP contribution in [0.25, 0.3) is 11.0 Å². The highest BCUT2D eigenvalue weighted by atomic mass is 28.5. The Bertz CT molecular complexity index is 1560. The van der Waals surface area contributed by atoms with Gasteiger partial charge in [0, 0.05) is 11.6 Å². The van der Waals surface area contributed by atoms with Crippen molar-refractivity contribution in [3.63, 3.8) is 0 Å². The molecule has 4 heterocycles. The zero-order valence-electron chi connectivity index (χ0n) is 27.4. The van der Waals surface area contributed by atoms with E-state index in [0.29, 0.717) is 15.9 Å². The minimum Gasteiger partial charge on any atom is -0.457 e. The fraction of sp³-hybridized carbons (Fsp3) is 0.581. The Labute approximate surface area is 269 Å². The summed E-state index contributed by atoms with van der Waals surface area (Å²) in [6.45, 7) is 15.6. The van der Waals surface area contributed by atoms with Gasteiger partial charge in [0.05, 0.1) is 6.61 Å². The maximum absolute atomic E-state index is 16.3. The highest BCUT2D eigenvalue weighted by Gasteiger charge is 2.67. The number of carbonyl (C=O) groups excluding carboxylic acids is 1. The van der Waals surface area contributed by atoms with Gasteiger partial charge in [-0.2, -0.15) is 13.8 Å². The summed E-state index contributed by atoms with van der Waals surface area (Å²) in [7, 11) is -6.35. The van der Waals surface area contributed by atoms with Crippen LogP contribution in [0.15, 0.2) is 51.8 Å². The van der Waals surface area contributed by atoms with Gasteiger partial charge in [0.2, 0.25) is 6.23 Å². The minimum absolute atomic E-state index is 0.0204. The highest BCUT2D eigenvalue weighted by molar-refractivity contribution is 6.84. The maximum atomic E-state index is 16.3.